The first-order valence-electron chi connectivity index (χ1n) is 10.6. The van der Waals surface area contributed by atoms with Gasteiger partial charge in [0.15, 0.2) is 11.5 Å². The quantitative estimate of drug-likeness (QED) is 0.307. The van der Waals surface area contributed by atoms with Crippen molar-refractivity contribution in [3.63, 3.8) is 0 Å². The molecule has 1 aromatic heterocycles. The molecule has 0 bridgehead atoms. The van der Waals surface area contributed by atoms with Crippen LogP contribution >= 0.6 is 0 Å². The van der Waals surface area contributed by atoms with Crippen molar-refractivity contribution in [1.29, 1.82) is 0 Å². The van der Waals surface area contributed by atoms with Gasteiger partial charge in [0.05, 0.1) is 24.8 Å². The SMILES string of the molecule is COc1ccccc1OCc1nc2ccccc2n1CCCCOc1ccc(C)cc1. The van der Waals surface area contributed by atoms with Gasteiger partial charge in [0.2, 0.25) is 0 Å². The van der Waals surface area contributed by atoms with Gasteiger partial charge >= 0.3 is 0 Å². The highest BCUT2D eigenvalue weighted by molar-refractivity contribution is 5.75. The molecule has 0 radical (unpaired) electrons. The van der Waals surface area contributed by atoms with Crippen molar-refractivity contribution in [3.05, 3.63) is 84.2 Å². The fourth-order valence-corrected chi connectivity index (χ4v) is 3.56. The highest BCUT2D eigenvalue weighted by atomic mass is 16.5. The molecule has 0 atom stereocenters. The number of unbranched alkanes of at least 4 members (excludes halogenated alkanes) is 1. The second-order valence-electron chi connectivity index (χ2n) is 7.48. The van der Waals surface area contributed by atoms with Crippen molar-refractivity contribution in [2.24, 2.45) is 0 Å². The normalized spacial score (nSPS) is 10.9. The summed E-state index contributed by atoms with van der Waals surface area (Å²) >= 11 is 0. The van der Waals surface area contributed by atoms with Crippen molar-refractivity contribution < 1.29 is 14.2 Å². The van der Waals surface area contributed by atoms with Gasteiger partial charge in [0, 0.05) is 6.54 Å². The molecule has 0 aliphatic heterocycles. The lowest BCUT2D eigenvalue weighted by atomic mass is 10.2. The van der Waals surface area contributed by atoms with Crippen LogP contribution in [0.5, 0.6) is 17.2 Å². The van der Waals surface area contributed by atoms with Gasteiger partial charge in [-0.05, 0) is 56.2 Å². The minimum atomic E-state index is 0.384. The Morgan fingerprint density at radius 2 is 1.55 bits per heavy atom. The van der Waals surface area contributed by atoms with Gasteiger partial charge in [-0.25, -0.2) is 4.98 Å². The Hall–Kier alpha value is -3.47. The zero-order chi connectivity index (χ0) is 21.5. The number of benzene rings is 3. The summed E-state index contributed by atoms with van der Waals surface area (Å²) in [6, 6.07) is 24.1. The average Bonchev–Trinajstić information content (AvgIpc) is 3.16. The molecule has 0 amide bonds. The number of rotatable bonds is 10. The molecule has 4 rings (SSSR count). The van der Waals surface area contributed by atoms with Gasteiger partial charge in [-0.3, -0.25) is 0 Å². The highest BCUT2D eigenvalue weighted by Crippen LogP contribution is 2.27. The zero-order valence-electron chi connectivity index (χ0n) is 18.1. The van der Waals surface area contributed by atoms with E-state index in [-0.39, 0.29) is 0 Å². The van der Waals surface area contributed by atoms with E-state index in [0.29, 0.717) is 13.2 Å². The lowest BCUT2D eigenvalue weighted by molar-refractivity contribution is 0.270. The molecule has 3 aromatic carbocycles. The van der Waals surface area contributed by atoms with Crippen LogP contribution in [-0.4, -0.2) is 23.3 Å². The highest BCUT2D eigenvalue weighted by Gasteiger charge is 2.12. The lowest BCUT2D eigenvalue weighted by Crippen LogP contribution is -2.09. The molecule has 160 valence electrons. The molecule has 0 N–H and O–H groups in total. The monoisotopic (exact) mass is 416 g/mol. The molecule has 0 saturated heterocycles. The minimum Gasteiger partial charge on any atom is -0.494 e. The Balaban J connectivity index is 1.39. The van der Waals surface area contributed by atoms with E-state index in [4.69, 9.17) is 19.2 Å². The van der Waals surface area contributed by atoms with Crippen molar-refractivity contribution in [2.45, 2.75) is 32.9 Å². The zero-order valence-corrected chi connectivity index (χ0v) is 18.1. The summed E-state index contributed by atoms with van der Waals surface area (Å²) in [5.74, 6) is 3.27. The largest absolute Gasteiger partial charge is 0.494 e. The van der Waals surface area contributed by atoms with Crippen LogP contribution in [0, 0.1) is 6.92 Å². The van der Waals surface area contributed by atoms with Gasteiger partial charge in [0.1, 0.15) is 18.2 Å². The smallest absolute Gasteiger partial charge is 0.161 e. The van der Waals surface area contributed by atoms with E-state index >= 15 is 0 Å². The molecular weight excluding hydrogens is 388 g/mol. The van der Waals surface area contributed by atoms with E-state index in [0.717, 1.165) is 53.5 Å². The van der Waals surface area contributed by atoms with Crippen LogP contribution in [0.3, 0.4) is 0 Å². The maximum atomic E-state index is 6.05. The fraction of sp³-hybridized carbons (Fsp3) is 0.269. The number of aryl methyl sites for hydroxylation is 2. The number of ether oxygens (including phenoxy) is 3. The number of fused-ring (bicyclic) bond motifs is 1. The number of para-hydroxylation sites is 4. The van der Waals surface area contributed by atoms with E-state index in [9.17, 15) is 0 Å². The third-order valence-electron chi connectivity index (χ3n) is 5.23. The molecule has 1 heterocycles. The second kappa shape index (κ2) is 10.0. The second-order valence-corrected chi connectivity index (χ2v) is 7.48. The van der Waals surface area contributed by atoms with Crippen LogP contribution in [-0.2, 0) is 13.2 Å². The number of nitrogens with zero attached hydrogens (tertiary/aromatic N) is 2. The van der Waals surface area contributed by atoms with Crippen molar-refractivity contribution >= 4 is 11.0 Å². The predicted octanol–water partition coefficient (Wildman–Crippen LogP) is 5.79. The molecule has 0 fully saturated rings. The van der Waals surface area contributed by atoms with Gasteiger partial charge in [-0.1, -0.05) is 42.0 Å². The molecule has 0 aliphatic rings. The van der Waals surface area contributed by atoms with Crippen molar-refractivity contribution in [3.8, 4) is 17.2 Å². The predicted molar refractivity (Wildman–Crippen MR) is 123 cm³/mol. The first-order valence-corrected chi connectivity index (χ1v) is 10.6. The van der Waals surface area contributed by atoms with Gasteiger partial charge in [0.25, 0.3) is 0 Å². The van der Waals surface area contributed by atoms with E-state index in [1.165, 1.54) is 5.56 Å². The summed E-state index contributed by atoms with van der Waals surface area (Å²) in [7, 11) is 1.65. The van der Waals surface area contributed by atoms with Crippen molar-refractivity contribution in [1.82, 2.24) is 9.55 Å². The van der Waals surface area contributed by atoms with Gasteiger partial charge < -0.3 is 18.8 Å². The number of hydrogen-bond acceptors (Lipinski definition) is 4. The fourth-order valence-electron chi connectivity index (χ4n) is 3.56. The summed E-state index contributed by atoms with van der Waals surface area (Å²) in [4.78, 5) is 4.80. The molecule has 0 aliphatic carbocycles. The van der Waals surface area contributed by atoms with Crippen LogP contribution in [0.2, 0.25) is 0 Å². The molecule has 5 nitrogen and oxygen atoms in total. The molecule has 0 spiro atoms. The topological polar surface area (TPSA) is 45.5 Å². The Bertz CT molecular complexity index is 1120. The third kappa shape index (κ3) is 5.18. The third-order valence-corrected chi connectivity index (χ3v) is 5.23. The van der Waals surface area contributed by atoms with E-state index < -0.39 is 0 Å². The minimum absolute atomic E-state index is 0.384. The Morgan fingerprint density at radius 1 is 0.806 bits per heavy atom. The maximum Gasteiger partial charge on any atom is 0.161 e. The van der Waals surface area contributed by atoms with Crippen LogP contribution in [0.25, 0.3) is 11.0 Å². The summed E-state index contributed by atoms with van der Waals surface area (Å²) in [5.41, 5.74) is 3.35. The summed E-state index contributed by atoms with van der Waals surface area (Å²) < 4.78 is 19.5. The Kier molecular flexibility index (Phi) is 6.72. The first kappa shape index (κ1) is 20.8. The summed E-state index contributed by atoms with van der Waals surface area (Å²) in [5, 5.41) is 0. The lowest BCUT2D eigenvalue weighted by Gasteiger charge is -2.12. The maximum absolute atomic E-state index is 6.05. The number of aromatic nitrogens is 2. The first-order chi connectivity index (χ1) is 15.2. The van der Waals surface area contributed by atoms with Gasteiger partial charge in [-0.2, -0.15) is 0 Å². The number of methoxy groups -OCH3 is 1. The average molecular weight is 417 g/mol. The molecule has 5 heteroatoms. The molecule has 31 heavy (non-hydrogen) atoms. The molecule has 0 unspecified atom stereocenters. The summed E-state index contributed by atoms with van der Waals surface area (Å²) in [6.45, 7) is 4.02. The van der Waals surface area contributed by atoms with Crippen molar-refractivity contribution in [2.75, 3.05) is 13.7 Å². The van der Waals surface area contributed by atoms with Crippen LogP contribution in [0.4, 0.5) is 0 Å². The van der Waals surface area contributed by atoms with Gasteiger partial charge in [-0.15, -0.1) is 0 Å². The van der Waals surface area contributed by atoms with E-state index in [2.05, 4.69) is 29.7 Å². The Morgan fingerprint density at radius 3 is 2.35 bits per heavy atom. The van der Waals surface area contributed by atoms with E-state index in [1.54, 1.807) is 7.11 Å². The van der Waals surface area contributed by atoms with E-state index in [1.807, 2.05) is 54.6 Å². The van der Waals surface area contributed by atoms with Crippen LogP contribution in [0.1, 0.15) is 24.2 Å². The standard InChI is InChI=1S/C26H28N2O3/c1-20-13-15-21(16-14-20)30-18-8-7-17-28-23-10-4-3-9-22(23)27-26(28)19-31-25-12-6-5-11-24(25)29-2/h3-6,9-16H,7-8,17-19H2,1-2H3. The molecule has 0 saturated carbocycles. The molecule has 4 aromatic rings. The van der Waals surface area contributed by atoms with Crippen LogP contribution in [0.15, 0.2) is 72.8 Å². The number of imidazole rings is 1. The van der Waals surface area contributed by atoms with Crippen LogP contribution < -0.4 is 14.2 Å². The number of hydrogen-bond donors (Lipinski definition) is 0. The Labute approximate surface area is 183 Å². The summed E-state index contributed by atoms with van der Waals surface area (Å²) in [6.07, 6.45) is 1.96. The molecular formula is C26H28N2O3.